The van der Waals surface area contributed by atoms with Crippen molar-refractivity contribution in [2.75, 3.05) is 6.61 Å². The van der Waals surface area contributed by atoms with Gasteiger partial charge in [-0.25, -0.2) is 4.98 Å². The summed E-state index contributed by atoms with van der Waals surface area (Å²) in [5.41, 5.74) is 6.77. The molecule has 0 fully saturated rings. The molecule has 0 radical (unpaired) electrons. The third-order valence-corrected chi connectivity index (χ3v) is 2.70. The second-order valence-corrected chi connectivity index (χ2v) is 4.18. The summed E-state index contributed by atoms with van der Waals surface area (Å²) in [6.45, 7) is 3.02. The molecule has 5 heteroatoms. The first-order chi connectivity index (χ1) is 8.69. The van der Waals surface area contributed by atoms with Crippen molar-refractivity contribution in [3.63, 3.8) is 0 Å². The molecule has 0 aliphatic carbocycles. The monoisotopic (exact) mass is 246 g/mol. The molecule has 2 aromatic rings. The van der Waals surface area contributed by atoms with Gasteiger partial charge in [-0.1, -0.05) is 17.7 Å². The van der Waals surface area contributed by atoms with Crippen molar-refractivity contribution in [1.29, 1.82) is 0 Å². The van der Waals surface area contributed by atoms with Gasteiger partial charge in [0.1, 0.15) is 11.6 Å². The first-order valence-electron chi connectivity index (χ1n) is 5.97. The summed E-state index contributed by atoms with van der Waals surface area (Å²) in [5, 5.41) is 4.27. The van der Waals surface area contributed by atoms with Crippen LogP contribution in [0.5, 0.6) is 5.75 Å². The van der Waals surface area contributed by atoms with Crippen LogP contribution in [-0.2, 0) is 20.0 Å². The highest BCUT2D eigenvalue weighted by Gasteiger charge is 2.05. The molecule has 0 unspecified atom stereocenters. The van der Waals surface area contributed by atoms with Gasteiger partial charge in [0.05, 0.1) is 13.2 Å². The quantitative estimate of drug-likeness (QED) is 0.861. The average molecular weight is 246 g/mol. The Labute approximate surface area is 107 Å². The Morgan fingerprint density at radius 1 is 1.28 bits per heavy atom. The summed E-state index contributed by atoms with van der Waals surface area (Å²) < 4.78 is 7.34. The van der Waals surface area contributed by atoms with Gasteiger partial charge >= 0.3 is 0 Å². The molecular formula is C13H18N4O. The molecule has 5 nitrogen and oxygen atoms in total. The first kappa shape index (κ1) is 12.6. The fourth-order valence-corrected chi connectivity index (χ4v) is 1.65. The summed E-state index contributed by atoms with van der Waals surface area (Å²) in [7, 11) is 1.85. The van der Waals surface area contributed by atoms with Crippen LogP contribution in [0.25, 0.3) is 0 Å². The largest absolute Gasteiger partial charge is 0.493 e. The molecule has 18 heavy (non-hydrogen) atoms. The van der Waals surface area contributed by atoms with Crippen LogP contribution in [-0.4, -0.2) is 21.4 Å². The number of nitrogens with two attached hydrogens (primary N) is 1. The molecule has 0 aliphatic rings. The van der Waals surface area contributed by atoms with Crippen molar-refractivity contribution in [3.8, 4) is 5.75 Å². The number of ether oxygens (including phenoxy) is 1. The number of hydrogen-bond donors (Lipinski definition) is 1. The molecule has 0 atom stereocenters. The Morgan fingerprint density at radius 2 is 2.00 bits per heavy atom. The van der Waals surface area contributed by atoms with Gasteiger partial charge in [-0.05, 0) is 19.1 Å². The van der Waals surface area contributed by atoms with Gasteiger partial charge in [0, 0.05) is 13.5 Å². The second kappa shape index (κ2) is 5.64. The predicted molar refractivity (Wildman–Crippen MR) is 69.3 cm³/mol. The van der Waals surface area contributed by atoms with Gasteiger partial charge in [0.25, 0.3) is 0 Å². The lowest BCUT2D eigenvalue weighted by Crippen LogP contribution is -2.05. The lowest BCUT2D eigenvalue weighted by Gasteiger charge is -2.04. The van der Waals surface area contributed by atoms with Crippen molar-refractivity contribution >= 4 is 0 Å². The SMILES string of the molecule is Cc1ccc(OCCc2nc(CN)n(C)n2)cc1. The third kappa shape index (κ3) is 3.07. The minimum absolute atomic E-state index is 0.405. The van der Waals surface area contributed by atoms with E-state index in [4.69, 9.17) is 10.5 Å². The van der Waals surface area contributed by atoms with E-state index in [0.29, 0.717) is 19.6 Å². The average Bonchev–Trinajstić information content (AvgIpc) is 2.72. The molecule has 1 aromatic heterocycles. The van der Waals surface area contributed by atoms with E-state index in [1.54, 1.807) is 4.68 Å². The highest BCUT2D eigenvalue weighted by Crippen LogP contribution is 2.11. The van der Waals surface area contributed by atoms with E-state index in [0.717, 1.165) is 17.4 Å². The molecule has 96 valence electrons. The van der Waals surface area contributed by atoms with E-state index in [1.165, 1.54) is 5.56 Å². The number of aryl methyl sites for hydroxylation is 2. The molecule has 2 N–H and O–H groups in total. The number of rotatable bonds is 5. The summed E-state index contributed by atoms with van der Waals surface area (Å²) in [5.74, 6) is 2.43. The van der Waals surface area contributed by atoms with Crippen LogP contribution >= 0.6 is 0 Å². The van der Waals surface area contributed by atoms with Crippen molar-refractivity contribution in [3.05, 3.63) is 41.5 Å². The zero-order chi connectivity index (χ0) is 13.0. The van der Waals surface area contributed by atoms with Crippen molar-refractivity contribution in [1.82, 2.24) is 14.8 Å². The Hall–Kier alpha value is -1.88. The minimum atomic E-state index is 0.405. The highest BCUT2D eigenvalue weighted by molar-refractivity contribution is 5.26. The summed E-state index contributed by atoms with van der Waals surface area (Å²) >= 11 is 0. The smallest absolute Gasteiger partial charge is 0.154 e. The zero-order valence-electron chi connectivity index (χ0n) is 10.8. The molecule has 2 rings (SSSR count). The molecule has 0 spiro atoms. The summed E-state index contributed by atoms with van der Waals surface area (Å²) in [4.78, 5) is 4.32. The Morgan fingerprint density at radius 3 is 2.61 bits per heavy atom. The molecule has 0 amide bonds. The van der Waals surface area contributed by atoms with Crippen molar-refractivity contribution in [2.24, 2.45) is 12.8 Å². The molecule has 0 saturated heterocycles. The lowest BCUT2D eigenvalue weighted by atomic mass is 10.2. The highest BCUT2D eigenvalue weighted by atomic mass is 16.5. The zero-order valence-corrected chi connectivity index (χ0v) is 10.8. The molecule has 0 aliphatic heterocycles. The Bertz CT molecular complexity index is 504. The van der Waals surface area contributed by atoms with E-state index < -0.39 is 0 Å². The number of hydrogen-bond acceptors (Lipinski definition) is 4. The first-order valence-corrected chi connectivity index (χ1v) is 5.97. The summed E-state index contributed by atoms with van der Waals surface area (Å²) in [6.07, 6.45) is 0.682. The van der Waals surface area contributed by atoms with Crippen LogP contribution in [0, 0.1) is 6.92 Å². The maximum absolute atomic E-state index is 5.63. The van der Waals surface area contributed by atoms with Crippen LogP contribution in [0.4, 0.5) is 0 Å². The Balaban J connectivity index is 1.86. The van der Waals surface area contributed by atoms with Gasteiger partial charge in [-0.3, -0.25) is 4.68 Å². The lowest BCUT2D eigenvalue weighted by molar-refractivity contribution is 0.318. The van der Waals surface area contributed by atoms with Gasteiger partial charge in [-0.15, -0.1) is 0 Å². The van der Waals surface area contributed by atoms with Gasteiger partial charge in [-0.2, -0.15) is 5.10 Å². The van der Waals surface area contributed by atoms with Gasteiger partial charge in [0.2, 0.25) is 0 Å². The third-order valence-electron chi connectivity index (χ3n) is 2.70. The van der Waals surface area contributed by atoms with E-state index >= 15 is 0 Å². The standard InChI is InChI=1S/C13H18N4O/c1-10-3-5-11(6-4-10)18-8-7-12-15-13(9-14)17(2)16-12/h3-6H,7-9,14H2,1-2H3. The number of benzene rings is 1. The summed E-state index contributed by atoms with van der Waals surface area (Å²) in [6, 6.07) is 7.99. The topological polar surface area (TPSA) is 66.0 Å². The number of aromatic nitrogens is 3. The van der Waals surface area contributed by atoms with Crippen LogP contribution in [0.1, 0.15) is 17.2 Å². The van der Waals surface area contributed by atoms with Gasteiger partial charge in [0.15, 0.2) is 5.82 Å². The Kier molecular flexibility index (Phi) is 3.94. The van der Waals surface area contributed by atoms with Crippen LogP contribution in [0.3, 0.4) is 0 Å². The maximum Gasteiger partial charge on any atom is 0.154 e. The molecular weight excluding hydrogens is 228 g/mol. The number of nitrogens with zero attached hydrogens (tertiary/aromatic N) is 3. The van der Waals surface area contributed by atoms with E-state index in [1.807, 2.05) is 31.3 Å². The van der Waals surface area contributed by atoms with Gasteiger partial charge < -0.3 is 10.5 Å². The normalized spacial score (nSPS) is 10.6. The van der Waals surface area contributed by atoms with E-state index in [-0.39, 0.29) is 0 Å². The fourth-order valence-electron chi connectivity index (χ4n) is 1.65. The second-order valence-electron chi connectivity index (χ2n) is 4.18. The molecule has 0 bridgehead atoms. The molecule has 1 heterocycles. The molecule has 0 saturated carbocycles. The minimum Gasteiger partial charge on any atom is -0.493 e. The van der Waals surface area contributed by atoms with E-state index in [9.17, 15) is 0 Å². The van der Waals surface area contributed by atoms with Crippen molar-refractivity contribution < 1.29 is 4.74 Å². The maximum atomic E-state index is 5.63. The fraction of sp³-hybridized carbons (Fsp3) is 0.385. The van der Waals surface area contributed by atoms with Crippen LogP contribution in [0.15, 0.2) is 24.3 Å². The van der Waals surface area contributed by atoms with Crippen molar-refractivity contribution in [2.45, 2.75) is 19.9 Å². The predicted octanol–water partition coefficient (Wildman–Crippen LogP) is 1.20. The van der Waals surface area contributed by atoms with Crippen LogP contribution < -0.4 is 10.5 Å². The molecule has 1 aromatic carbocycles. The van der Waals surface area contributed by atoms with E-state index in [2.05, 4.69) is 17.0 Å². The van der Waals surface area contributed by atoms with Crippen LogP contribution in [0.2, 0.25) is 0 Å².